The van der Waals surface area contributed by atoms with Crippen molar-refractivity contribution in [2.75, 3.05) is 36.7 Å². The predicted octanol–water partition coefficient (Wildman–Crippen LogP) is 3.66. The molecule has 2 aliphatic rings. The molecular weight excluding hydrogens is 286 g/mol. The maximum absolute atomic E-state index is 6.23. The fraction of sp³-hybridized carbons (Fsp3) is 1.00. The minimum absolute atomic E-state index is 0.228. The Balaban J connectivity index is 1.85. The summed E-state index contributed by atoms with van der Waals surface area (Å²) in [6.07, 6.45) is 5.05. The third-order valence-electron chi connectivity index (χ3n) is 4.62. The van der Waals surface area contributed by atoms with E-state index in [4.69, 9.17) is 4.74 Å². The number of rotatable bonds is 6. The zero-order valence-electron chi connectivity index (χ0n) is 13.3. The number of thioether (sulfide) groups is 2. The zero-order valence-corrected chi connectivity index (χ0v) is 15.0. The molecule has 0 radical (unpaired) electrons. The Morgan fingerprint density at radius 2 is 2.05 bits per heavy atom. The van der Waals surface area contributed by atoms with Gasteiger partial charge in [-0.3, -0.25) is 0 Å². The first-order chi connectivity index (χ1) is 9.65. The topological polar surface area (TPSA) is 21.3 Å². The summed E-state index contributed by atoms with van der Waals surface area (Å²) in [7, 11) is 2.14. The number of hydrogen-bond acceptors (Lipinski definition) is 4. The second-order valence-electron chi connectivity index (χ2n) is 6.72. The smallest absolute Gasteiger partial charge is 0.0701 e. The van der Waals surface area contributed by atoms with E-state index in [1.54, 1.807) is 0 Å². The summed E-state index contributed by atoms with van der Waals surface area (Å²) >= 11 is 4.21. The van der Waals surface area contributed by atoms with Gasteiger partial charge in [-0.1, -0.05) is 13.8 Å². The number of hydrogen-bond donors (Lipinski definition) is 1. The lowest BCUT2D eigenvalue weighted by atomic mass is 9.79. The standard InChI is InChI=1S/C16H31NOS2/c1-13(2)11-20-12-15(17-3)14-4-7-18-16(10-14)5-8-19-9-6-16/h13-15,17H,4-12H2,1-3H3. The summed E-state index contributed by atoms with van der Waals surface area (Å²) in [6, 6.07) is 0.661. The van der Waals surface area contributed by atoms with E-state index in [0.29, 0.717) is 6.04 Å². The predicted molar refractivity (Wildman–Crippen MR) is 93.0 cm³/mol. The minimum atomic E-state index is 0.228. The van der Waals surface area contributed by atoms with Crippen molar-refractivity contribution in [2.24, 2.45) is 11.8 Å². The first kappa shape index (κ1) is 17.0. The molecule has 0 amide bonds. The van der Waals surface area contributed by atoms with Crippen molar-refractivity contribution in [1.82, 2.24) is 5.32 Å². The van der Waals surface area contributed by atoms with Gasteiger partial charge in [0.25, 0.3) is 0 Å². The van der Waals surface area contributed by atoms with Gasteiger partial charge in [0.05, 0.1) is 5.60 Å². The first-order valence-electron chi connectivity index (χ1n) is 8.12. The van der Waals surface area contributed by atoms with Crippen LogP contribution in [0.5, 0.6) is 0 Å². The van der Waals surface area contributed by atoms with Crippen LogP contribution in [0.4, 0.5) is 0 Å². The second-order valence-corrected chi connectivity index (χ2v) is 9.02. The molecule has 1 N–H and O–H groups in total. The van der Waals surface area contributed by atoms with Crippen molar-refractivity contribution in [3.05, 3.63) is 0 Å². The van der Waals surface area contributed by atoms with E-state index in [0.717, 1.165) is 18.4 Å². The quantitative estimate of drug-likeness (QED) is 0.807. The van der Waals surface area contributed by atoms with Gasteiger partial charge in [0.15, 0.2) is 0 Å². The maximum atomic E-state index is 6.23. The van der Waals surface area contributed by atoms with E-state index < -0.39 is 0 Å². The third kappa shape index (κ3) is 4.82. The normalized spacial score (nSPS) is 27.9. The van der Waals surface area contributed by atoms with Crippen LogP contribution in [0.1, 0.15) is 39.5 Å². The molecule has 2 atom stereocenters. The summed E-state index contributed by atoms with van der Waals surface area (Å²) in [4.78, 5) is 0. The summed E-state index contributed by atoms with van der Waals surface area (Å²) in [5, 5.41) is 3.59. The van der Waals surface area contributed by atoms with Crippen LogP contribution >= 0.6 is 23.5 Å². The van der Waals surface area contributed by atoms with Gasteiger partial charge >= 0.3 is 0 Å². The Kier molecular flexibility index (Phi) is 7.05. The number of nitrogens with one attached hydrogen (secondary N) is 1. The second kappa shape index (κ2) is 8.30. The molecule has 0 saturated carbocycles. The molecule has 0 aliphatic carbocycles. The van der Waals surface area contributed by atoms with E-state index in [9.17, 15) is 0 Å². The molecule has 20 heavy (non-hydrogen) atoms. The molecular formula is C16H31NOS2. The molecule has 0 bridgehead atoms. The molecule has 2 unspecified atom stereocenters. The summed E-state index contributed by atoms with van der Waals surface area (Å²) < 4.78 is 6.23. The van der Waals surface area contributed by atoms with Gasteiger partial charge < -0.3 is 10.1 Å². The molecule has 2 saturated heterocycles. The van der Waals surface area contributed by atoms with Gasteiger partial charge in [0, 0.05) is 18.4 Å². The highest BCUT2D eigenvalue weighted by atomic mass is 32.2. The van der Waals surface area contributed by atoms with Crippen molar-refractivity contribution in [3.63, 3.8) is 0 Å². The van der Waals surface area contributed by atoms with E-state index in [1.165, 1.54) is 48.7 Å². The first-order valence-corrected chi connectivity index (χ1v) is 10.4. The van der Waals surface area contributed by atoms with Crippen molar-refractivity contribution in [2.45, 2.75) is 51.2 Å². The highest BCUT2D eigenvalue weighted by Gasteiger charge is 2.40. The Bertz CT molecular complexity index is 274. The highest BCUT2D eigenvalue weighted by Crippen LogP contribution is 2.41. The molecule has 1 spiro atoms. The lowest BCUT2D eigenvalue weighted by Gasteiger charge is -2.45. The van der Waals surface area contributed by atoms with Gasteiger partial charge in [-0.25, -0.2) is 0 Å². The van der Waals surface area contributed by atoms with Crippen LogP contribution in [-0.2, 0) is 4.74 Å². The van der Waals surface area contributed by atoms with Crippen LogP contribution in [0.25, 0.3) is 0 Å². The van der Waals surface area contributed by atoms with Crippen LogP contribution in [-0.4, -0.2) is 48.3 Å². The lowest BCUT2D eigenvalue weighted by Crippen LogP contribution is -2.48. The van der Waals surface area contributed by atoms with Gasteiger partial charge in [0.2, 0.25) is 0 Å². The molecule has 2 aliphatic heterocycles. The van der Waals surface area contributed by atoms with Crippen LogP contribution in [0.3, 0.4) is 0 Å². The molecule has 2 heterocycles. The zero-order chi connectivity index (χ0) is 14.4. The van der Waals surface area contributed by atoms with Crippen LogP contribution in [0.15, 0.2) is 0 Å². The molecule has 118 valence electrons. The number of ether oxygens (including phenoxy) is 1. The molecule has 2 fully saturated rings. The monoisotopic (exact) mass is 317 g/mol. The van der Waals surface area contributed by atoms with Crippen molar-refractivity contribution in [3.8, 4) is 0 Å². The third-order valence-corrected chi connectivity index (χ3v) is 7.11. The molecule has 0 aromatic carbocycles. The van der Waals surface area contributed by atoms with Gasteiger partial charge in [-0.05, 0) is 61.8 Å². The van der Waals surface area contributed by atoms with Crippen LogP contribution < -0.4 is 5.32 Å². The Morgan fingerprint density at radius 1 is 1.30 bits per heavy atom. The average Bonchev–Trinajstić information content (AvgIpc) is 2.44. The van der Waals surface area contributed by atoms with E-state index in [2.05, 4.69) is 49.7 Å². The highest BCUT2D eigenvalue weighted by molar-refractivity contribution is 7.99. The Hall–Kier alpha value is 0.620. The molecule has 2 nitrogen and oxygen atoms in total. The summed E-state index contributed by atoms with van der Waals surface area (Å²) in [5.41, 5.74) is 0.228. The largest absolute Gasteiger partial charge is 0.375 e. The van der Waals surface area contributed by atoms with Crippen LogP contribution in [0, 0.1) is 11.8 Å². The average molecular weight is 318 g/mol. The minimum Gasteiger partial charge on any atom is -0.375 e. The van der Waals surface area contributed by atoms with Crippen molar-refractivity contribution < 1.29 is 4.74 Å². The summed E-state index contributed by atoms with van der Waals surface area (Å²) in [6.45, 7) is 5.59. The molecule has 0 aromatic rings. The lowest BCUT2D eigenvalue weighted by molar-refractivity contribution is -0.105. The van der Waals surface area contributed by atoms with Crippen molar-refractivity contribution in [1.29, 1.82) is 0 Å². The summed E-state index contributed by atoms with van der Waals surface area (Å²) in [5.74, 6) is 6.72. The van der Waals surface area contributed by atoms with Crippen molar-refractivity contribution >= 4 is 23.5 Å². The fourth-order valence-corrected chi connectivity index (χ4v) is 5.92. The molecule has 0 aromatic heterocycles. The molecule has 4 heteroatoms. The van der Waals surface area contributed by atoms with Crippen LogP contribution in [0.2, 0.25) is 0 Å². The fourth-order valence-electron chi connectivity index (χ4n) is 3.39. The van der Waals surface area contributed by atoms with E-state index >= 15 is 0 Å². The van der Waals surface area contributed by atoms with Gasteiger partial charge in [-0.2, -0.15) is 23.5 Å². The Labute approximate surface area is 133 Å². The maximum Gasteiger partial charge on any atom is 0.0701 e. The SMILES string of the molecule is CNC(CSCC(C)C)C1CCOC2(CCSCC2)C1. The van der Waals surface area contributed by atoms with Gasteiger partial charge in [-0.15, -0.1) is 0 Å². The molecule has 2 rings (SSSR count). The van der Waals surface area contributed by atoms with Gasteiger partial charge in [0.1, 0.15) is 0 Å². The van der Waals surface area contributed by atoms with E-state index in [1.807, 2.05) is 0 Å². The Morgan fingerprint density at radius 3 is 2.70 bits per heavy atom. The van der Waals surface area contributed by atoms with E-state index in [-0.39, 0.29) is 5.60 Å².